The van der Waals surface area contributed by atoms with Crippen LogP contribution in [0.1, 0.15) is 38.6 Å². The molecule has 0 spiro atoms. The van der Waals surface area contributed by atoms with Gasteiger partial charge in [-0.2, -0.15) is 0 Å². The van der Waals surface area contributed by atoms with Crippen LogP contribution in [0.3, 0.4) is 0 Å². The van der Waals surface area contributed by atoms with Crippen molar-refractivity contribution in [1.29, 1.82) is 0 Å². The average Bonchev–Trinajstić information content (AvgIpc) is 3.14. The highest BCUT2D eigenvalue weighted by Gasteiger charge is 2.21. The van der Waals surface area contributed by atoms with Crippen molar-refractivity contribution in [3.63, 3.8) is 0 Å². The maximum absolute atomic E-state index is 12.7. The van der Waals surface area contributed by atoms with Crippen molar-refractivity contribution < 1.29 is 9.53 Å². The van der Waals surface area contributed by atoms with Crippen LogP contribution in [0.25, 0.3) is 0 Å². The predicted molar refractivity (Wildman–Crippen MR) is 125 cm³/mol. The number of thioether (sulfide) groups is 1. The number of carbonyl (C=O) groups excluding carboxylic acids is 1. The number of aromatic nitrogens is 3. The standard InChI is InChI=1S/C24H30N4O2S/c1-17(2)14-15-28-22(16-30-21-8-6-5-7-9-21)26-27-24(28)31-19(4)23(29)25-20-12-10-18(3)11-13-20/h5-13,17,19H,14-16H2,1-4H3,(H,25,29). The Morgan fingerprint density at radius 3 is 2.45 bits per heavy atom. The summed E-state index contributed by atoms with van der Waals surface area (Å²) in [4.78, 5) is 12.7. The van der Waals surface area contributed by atoms with Gasteiger partial charge in [-0.05, 0) is 50.5 Å². The molecule has 0 aliphatic heterocycles. The molecule has 31 heavy (non-hydrogen) atoms. The van der Waals surface area contributed by atoms with Gasteiger partial charge in [-0.15, -0.1) is 10.2 Å². The van der Waals surface area contributed by atoms with Gasteiger partial charge < -0.3 is 14.6 Å². The Bertz CT molecular complexity index is 971. The van der Waals surface area contributed by atoms with E-state index in [2.05, 4.69) is 33.9 Å². The zero-order valence-corrected chi connectivity index (χ0v) is 19.4. The van der Waals surface area contributed by atoms with Crippen LogP contribution < -0.4 is 10.1 Å². The molecule has 1 atom stereocenters. The van der Waals surface area contributed by atoms with Crippen molar-refractivity contribution in [1.82, 2.24) is 14.8 Å². The lowest BCUT2D eigenvalue weighted by Gasteiger charge is -2.15. The lowest BCUT2D eigenvalue weighted by molar-refractivity contribution is -0.115. The van der Waals surface area contributed by atoms with E-state index in [1.54, 1.807) is 0 Å². The second-order valence-corrected chi connectivity index (χ2v) is 9.26. The van der Waals surface area contributed by atoms with E-state index in [-0.39, 0.29) is 11.2 Å². The fourth-order valence-electron chi connectivity index (χ4n) is 2.88. The van der Waals surface area contributed by atoms with Crippen molar-refractivity contribution in [2.75, 3.05) is 5.32 Å². The third-order valence-corrected chi connectivity index (χ3v) is 5.89. The first-order valence-corrected chi connectivity index (χ1v) is 11.4. The summed E-state index contributed by atoms with van der Waals surface area (Å²) < 4.78 is 7.95. The minimum atomic E-state index is -0.314. The Balaban J connectivity index is 1.68. The molecule has 7 heteroatoms. The molecule has 2 aromatic carbocycles. The van der Waals surface area contributed by atoms with Crippen molar-refractivity contribution in [3.05, 3.63) is 66.0 Å². The van der Waals surface area contributed by atoms with Crippen LogP contribution in [-0.4, -0.2) is 25.9 Å². The van der Waals surface area contributed by atoms with E-state index in [1.807, 2.05) is 68.4 Å². The number of ether oxygens (including phenoxy) is 1. The Morgan fingerprint density at radius 2 is 1.77 bits per heavy atom. The molecule has 1 heterocycles. The second-order valence-electron chi connectivity index (χ2n) is 7.95. The number of nitrogens with zero attached hydrogens (tertiary/aromatic N) is 3. The number of para-hydroxylation sites is 1. The van der Waals surface area contributed by atoms with Gasteiger partial charge in [0.2, 0.25) is 5.91 Å². The van der Waals surface area contributed by atoms with Crippen LogP contribution in [0.2, 0.25) is 0 Å². The van der Waals surface area contributed by atoms with E-state index in [4.69, 9.17) is 4.74 Å². The number of rotatable bonds is 10. The van der Waals surface area contributed by atoms with Gasteiger partial charge in [-0.1, -0.05) is 61.5 Å². The second kappa shape index (κ2) is 11.0. The topological polar surface area (TPSA) is 69.0 Å². The third-order valence-electron chi connectivity index (χ3n) is 4.81. The van der Waals surface area contributed by atoms with E-state index in [9.17, 15) is 4.79 Å². The molecule has 0 aliphatic carbocycles. The number of nitrogens with one attached hydrogen (secondary N) is 1. The first-order valence-electron chi connectivity index (χ1n) is 10.6. The molecular formula is C24H30N4O2S. The number of hydrogen-bond donors (Lipinski definition) is 1. The van der Waals surface area contributed by atoms with E-state index < -0.39 is 0 Å². The molecule has 6 nitrogen and oxygen atoms in total. The summed E-state index contributed by atoms with van der Waals surface area (Å²) in [5, 5.41) is 12.1. The van der Waals surface area contributed by atoms with Gasteiger partial charge in [0.15, 0.2) is 11.0 Å². The summed E-state index contributed by atoms with van der Waals surface area (Å²) in [7, 11) is 0. The first-order chi connectivity index (χ1) is 14.9. The maximum atomic E-state index is 12.7. The van der Waals surface area contributed by atoms with Crippen molar-refractivity contribution >= 4 is 23.4 Å². The zero-order chi connectivity index (χ0) is 22.2. The molecule has 1 unspecified atom stereocenters. The lowest BCUT2D eigenvalue weighted by Crippen LogP contribution is -2.23. The summed E-state index contributed by atoms with van der Waals surface area (Å²) in [5.41, 5.74) is 1.95. The monoisotopic (exact) mass is 438 g/mol. The molecule has 0 fully saturated rings. The zero-order valence-electron chi connectivity index (χ0n) is 18.5. The number of hydrogen-bond acceptors (Lipinski definition) is 5. The van der Waals surface area contributed by atoms with Gasteiger partial charge in [-0.3, -0.25) is 4.79 Å². The Hall–Kier alpha value is -2.80. The van der Waals surface area contributed by atoms with Crippen LogP contribution in [0.15, 0.2) is 59.8 Å². The van der Waals surface area contributed by atoms with Crippen molar-refractivity contribution in [3.8, 4) is 5.75 Å². The highest BCUT2D eigenvalue weighted by molar-refractivity contribution is 8.00. The van der Waals surface area contributed by atoms with Crippen LogP contribution in [0, 0.1) is 12.8 Å². The van der Waals surface area contributed by atoms with E-state index in [1.165, 1.54) is 11.8 Å². The van der Waals surface area contributed by atoms with Crippen LogP contribution in [0.4, 0.5) is 5.69 Å². The quantitative estimate of drug-likeness (QED) is 0.433. The molecule has 3 aromatic rings. The van der Waals surface area contributed by atoms with Crippen LogP contribution in [0.5, 0.6) is 5.75 Å². The fraction of sp³-hybridized carbons (Fsp3) is 0.375. The number of anilines is 1. The molecule has 0 aliphatic rings. The maximum Gasteiger partial charge on any atom is 0.237 e. The summed E-state index contributed by atoms with van der Waals surface area (Å²) in [6, 6.07) is 17.5. The number of amides is 1. The molecular weight excluding hydrogens is 408 g/mol. The molecule has 1 amide bonds. The van der Waals surface area contributed by atoms with Gasteiger partial charge in [0, 0.05) is 12.2 Å². The molecule has 1 N–H and O–H groups in total. The SMILES string of the molecule is Cc1ccc(NC(=O)C(C)Sc2nnc(COc3ccccc3)n2CCC(C)C)cc1. The van der Waals surface area contributed by atoms with Gasteiger partial charge in [0.05, 0.1) is 5.25 Å². The minimum Gasteiger partial charge on any atom is -0.486 e. The molecule has 0 bridgehead atoms. The molecule has 1 aromatic heterocycles. The van der Waals surface area contributed by atoms with E-state index in [0.29, 0.717) is 12.5 Å². The van der Waals surface area contributed by atoms with Gasteiger partial charge >= 0.3 is 0 Å². The molecule has 0 saturated heterocycles. The van der Waals surface area contributed by atoms with Crippen molar-refractivity contribution in [2.45, 2.75) is 57.7 Å². The summed E-state index contributed by atoms with van der Waals surface area (Å²) >= 11 is 1.42. The van der Waals surface area contributed by atoms with E-state index in [0.717, 1.165) is 40.9 Å². The van der Waals surface area contributed by atoms with Crippen LogP contribution in [-0.2, 0) is 17.9 Å². The summed E-state index contributed by atoms with van der Waals surface area (Å²) in [6.07, 6.45) is 0.994. The summed E-state index contributed by atoms with van der Waals surface area (Å²) in [5.74, 6) is 2.04. The smallest absolute Gasteiger partial charge is 0.237 e. The Kier molecular flexibility index (Phi) is 8.12. The average molecular weight is 439 g/mol. The number of aryl methyl sites for hydroxylation is 1. The lowest BCUT2D eigenvalue weighted by atomic mass is 10.1. The van der Waals surface area contributed by atoms with Gasteiger partial charge in [0.25, 0.3) is 0 Å². The molecule has 0 radical (unpaired) electrons. The molecule has 164 valence electrons. The Morgan fingerprint density at radius 1 is 1.06 bits per heavy atom. The molecule has 0 saturated carbocycles. The molecule has 3 rings (SSSR count). The fourth-order valence-corrected chi connectivity index (χ4v) is 3.78. The number of carbonyl (C=O) groups is 1. The number of benzene rings is 2. The highest BCUT2D eigenvalue weighted by Crippen LogP contribution is 2.25. The van der Waals surface area contributed by atoms with Gasteiger partial charge in [-0.25, -0.2) is 0 Å². The largest absolute Gasteiger partial charge is 0.486 e. The van der Waals surface area contributed by atoms with Gasteiger partial charge in [0.1, 0.15) is 12.4 Å². The highest BCUT2D eigenvalue weighted by atomic mass is 32.2. The third kappa shape index (κ3) is 6.85. The first kappa shape index (κ1) is 22.9. The predicted octanol–water partition coefficient (Wildman–Crippen LogP) is 5.33. The van der Waals surface area contributed by atoms with Crippen LogP contribution >= 0.6 is 11.8 Å². The van der Waals surface area contributed by atoms with Crippen molar-refractivity contribution in [2.24, 2.45) is 5.92 Å². The Labute approximate surface area is 188 Å². The summed E-state index contributed by atoms with van der Waals surface area (Å²) in [6.45, 7) is 9.40. The normalized spacial score (nSPS) is 12.0. The van der Waals surface area contributed by atoms with E-state index >= 15 is 0 Å². The minimum absolute atomic E-state index is 0.0608.